The SMILES string of the molecule is C/C(=C\[C@@H](c1cccn1S(=O)(=O)c1ccc(C)cc1)[C@H](C)c1ccccc1)C(C)(C)C. The van der Waals surface area contributed by atoms with Gasteiger partial charge in [0, 0.05) is 17.8 Å². The molecule has 0 N–H and O–H groups in total. The molecule has 31 heavy (non-hydrogen) atoms. The van der Waals surface area contributed by atoms with Gasteiger partial charge in [0.15, 0.2) is 0 Å². The Labute approximate surface area is 187 Å². The molecule has 1 heterocycles. The van der Waals surface area contributed by atoms with Gasteiger partial charge in [-0.15, -0.1) is 0 Å². The molecule has 3 rings (SSSR count). The summed E-state index contributed by atoms with van der Waals surface area (Å²) in [6.45, 7) is 12.8. The first-order valence-electron chi connectivity index (χ1n) is 10.7. The predicted molar refractivity (Wildman–Crippen MR) is 129 cm³/mol. The van der Waals surface area contributed by atoms with Crippen molar-refractivity contribution in [2.75, 3.05) is 0 Å². The molecule has 0 unspecified atom stereocenters. The average Bonchev–Trinajstić information content (AvgIpc) is 3.22. The van der Waals surface area contributed by atoms with Crippen molar-refractivity contribution in [1.29, 1.82) is 0 Å². The zero-order valence-corrected chi connectivity index (χ0v) is 20.1. The van der Waals surface area contributed by atoms with Crippen molar-refractivity contribution < 1.29 is 8.42 Å². The Morgan fingerprint density at radius 3 is 2.13 bits per heavy atom. The molecule has 2 aromatic carbocycles. The lowest BCUT2D eigenvalue weighted by atomic mass is 9.79. The molecule has 0 aliphatic heterocycles. The molecule has 0 aliphatic rings. The monoisotopic (exact) mass is 435 g/mol. The fraction of sp³-hybridized carbons (Fsp3) is 0.333. The Balaban J connectivity index is 2.15. The van der Waals surface area contributed by atoms with E-state index in [0.717, 1.165) is 11.3 Å². The third kappa shape index (κ3) is 5.01. The van der Waals surface area contributed by atoms with Gasteiger partial charge in [-0.1, -0.05) is 87.4 Å². The first kappa shape index (κ1) is 23.1. The van der Waals surface area contributed by atoms with Crippen LogP contribution < -0.4 is 0 Å². The minimum absolute atomic E-state index is 0.00190. The van der Waals surface area contributed by atoms with Crippen molar-refractivity contribution in [1.82, 2.24) is 3.97 Å². The molecule has 0 aliphatic carbocycles. The van der Waals surface area contributed by atoms with E-state index in [1.807, 2.05) is 49.4 Å². The van der Waals surface area contributed by atoms with Crippen molar-refractivity contribution in [3.63, 3.8) is 0 Å². The number of nitrogens with zero attached hydrogens (tertiary/aromatic N) is 1. The van der Waals surface area contributed by atoms with Crippen molar-refractivity contribution in [3.8, 4) is 0 Å². The van der Waals surface area contributed by atoms with E-state index in [1.165, 1.54) is 15.1 Å². The highest BCUT2D eigenvalue weighted by molar-refractivity contribution is 7.90. The topological polar surface area (TPSA) is 39.1 Å². The highest BCUT2D eigenvalue weighted by atomic mass is 32.2. The van der Waals surface area contributed by atoms with Gasteiger partial charge in [-0.25, -0.2) is 12.4 Å². The number of aromatic nitrogens is 1. The highest BCUT2D eigenvalue weighted by Gasteiger charge is 2.28. The third-order valence-electron chi connectivity index (χ3n) is 6.14. The van der Waals surface area contributed by atoms with Crippen LogP contribution in [0.2, 0.25) is 0 Å². The van der Waals surface area contributed by atoms with Gasteiger partial charge in [0.2, 0.25) is 0 Å². The van der Waals surface area contributed by atoms with Crippen LogP contribution in [0.15, 0.2) is 89.5 Å². The van der Waals surface area contributed by atoms with Crippen LogP contribution in [0, 0.1) is 12.3 Å². The second-order valence-corrected chi connectivity index (χ2v) is 11.2. The zero-order valence-electron chi connectivity index (χ0n) is 19.3. The summed E-state index contributed by atoms with van der Waals surface area (Å²) in [6.07, 6.45) is 3.91. The maximum Gasteiger partial charge on any atom is 0.267 e. The number of rotatable bonds is 6. The molecule has 2 atom stereocenters. The molecule has 0 saturated heterocycles. The van der Waals surface area contributed by atoms with Gasteiger partial charge < -0.3 is 0 Å². The Morgan fingerprint density at radius 1 is 0.935 bits per heavy atom. The van der Waals surface area contributed by atoms with E-state index in [-0.39, 0.29) is 17.3 Å². The molecule has 0 amide bonds. The number of allylic oxidation sites excluding steroid dienone is 2. The Kier molecular flexibility index (Phi) is 6.61. The molecule has 1 aromatic heterocycles. The van der Waals surface area contributed by atoms with Crippen LogP contribution in [0.1, 0.15) is 63.3 Å². The van der Waals surface area contributed by atoms with Gasteiger partial charge in [0.25, 0.3) is 10.0 Å². The highest BCUT2D eigenvalue weighted by Crippen LogP contribution is 2.38. The summed E-state index contributed by atoms with van der Waals surface area (Å²) in [4.78, 5) is 0.304. The molecule has 4 heteroatoms. The standard InChI is InChI=1S/C27H33NO2S/c1-20-14-16-24(17-15-20)31(29,30)28-18-10-13-26(28)25(19-21(2)27(4,5)6)22(3)23-11-8-7-9-12-23/h7-19,22,25H,1-6H3/b21-19+/t22-,25-/m1/s1. The molecular weight excluding hydrogens is 402 g/mol. The lowest BCUT2D eigenvalue weighted by Crippen LogP contribution is -2.20. The van der Waals surface area contributed by atoms with Gasteiger partial charge in [-0.05, 0) is 55.0 Å². The molecule has 0 bridgehead atoms. The quantitative estimate of drug-likeness (QED) is 0.394. The smallest absolute Gasteiger partial charge is 0.245 e. The molecule has 0 radical (unpaired) electrons. The summed E-state index contributed by atoms with van der Waals surface area (Å²) in [7, 11) is -3.69. The number of aryl methyl sites for hydroxylation is 1. The van der Waals surface area contributed by atoms with Crippen LogP contribution >= 0.6 is 0 Å². The first-order chi connectivity index (χ1) is 14.5. The summed E-state index contributed by atoms with van der Waals surface area (Å²) in [5.74, 6) is 0.0252. The van der Waals surface area contributed by atoms with Crippen molar-refractivity contribution in [2.45, 2.75) is 58.3 Å². The van der Waals surface area contributed by atoms with E-state index >= 15 is 0 Å². The summed E-state index contributed by atoms with van der Waals surface area (Å²) < 4.78 is 28.5. The normalized spacial score (nSPS) is 15.0. The van der Waals surface area contributed by atoms with Crippen LogP contribution in [0.3, 0.4) is 0 Å². The summed E-state index contributed by atoms with van der Waals surface area (Å²) in [6, 6.07) is 21.1. The second-order valence-electron chi connectivity index (χ2n) is 9.37. The minimum Gasteiger partial charge on any atom is -0.245 e. The molecule has 0 fully saturated rings. The van der Waals surface area contributed by atoms with Crippen molar-refractivity contribution in [3.05, 3.63) is 101 Å². The van der Waals surface area contributed by atoms with Crippen LogP contribution in [0.25, 0.3) is 0 Å². The first-order valence-corrected chi connectivity index (χ1v) is 12.2. The van der Waals surface area contributed by atoms with E-state index in [9.17, 15) is 8.42 Å². The maximum atomic E-state index is 13.5. The van der Waals surface area contributed by atoms with Crippen LogP contribution in [-0.2, 0) is 10.0 Å². The lowest BCUT2D eigenvalue weighted by molar-refractivity contribution is 0.495. The summed E-state index contributed by atoms with van der Waals surface area (Å²) >= 11 is 0. The van der Waals surface area contributed by atoms with Crippen LogP contribution in [0.5, 0.6) is 0 Å². The zero-order chi connectivity index (χ0) is 22.8. The van der Waals surface area contributed by atoms with Gasteiger partial charge in [-0.3, -0.25) is 0 Å². The van der Waals surface area contributed by atoms with Crippen LogP contribution in [-0.4, -0.2) is 12.4 Å². The molecule has 0 saturated carbocycles. The van der Waals surface area contributed by atoms with E-state index in [1.54, 1.807) is 18.3 Å². The maximum absolute atomic E-state index is 13.5. The fourth-order valence-electron chi connectivity index (χ4n) is 3.65. The predicted octanol–water partition coefficient (Wildman–Crippen LogP) is 6.91. The number of hydrogen-bond donors (Lipinski definition) is 0. The summed E-state index contributed by atoms with van der Waals surface area (Å²) in [5, 5.41) is 0. The third-order valence-corrected chi connectivity index (χ3v) is 7.86. The van der Waals surface area contributed by atoms with Gasteiger partial charge >= 0.3 is 0 Å². The second kappa shape index (κ2) is 8.88. The van der Waals surface area contributed by atoms with E-state index in [4.69, 9.17) is 0 Å². The van der Waals surface area contributed by atoms with Crippen LogP contribution in [0.4, 0.5) is 0 Å². The average molecular weight is 436 g/mol. The molecule has 3 aromatic rings. The van der Waals surface area contributed by atoms with Gasteiger partial charge in [0.1, 0.15) is 0 Å². The van der Waals surface area contributed by atoms with Gasteiger partial charge in [-0.2, -0.15) is 0 Å². The number of hydrogen-bond acceptors (Lipinski definition) is 2. The van der Waals surface area contributed by atoms with Crippen molar-refractivity contribution in [2.24, 2.45) is 5.41 Å². The summed E-state index contributed by atoms with van der Waals surface area (Å²) in [5.41, 5.74) is 4.24. The molecule has 3 nitrogen and oxygen atoms in total. The van der Waals surface area contributed by atoms with Crippen molar-refractivity contribution >= 4 is 10.0 Å². The Morgan fingerprint density at radius 2 is 1.55 bits per heavy atom. The fourth-order valence-corrected chi connectivity index (χ4v) is 5.05. The molecule has 164 valence electrons. The van der Waals surface area contributed by atoms with E-state index in [0.29, 0.717) is 4.90 Å². The van der Waals surface area contributed by atoms with Gasteiger partial charge in [0.05, 0.1) is 4.90 Å². The molecular formula is C27H33NO2S. The minimum atomic E-state index is -3.69. The Bertz CT molecular complexity index is 1150. The Hall–Kier alpha value is -2.59. The lowest BCUT2D eigenvalue weighted by Gasteiger charge is -2.27. The van der Waals surface area contributed by atoms with E-state index in [2.05, 4.69) is 52.8 Å². The number of benzene rings is 2. The largest absolute Gasteiger partial charge is 0.267 e. The molecule has 0 spiro atoms. The van der Waals surface area contributed by atoms with E-state index < -0.39 is 10.0 Å².